The third-order valence-electron chi connectivity index (χ3n) is 2.15. The summed E-state index contributed by atoms with van der Waals surface area (Å²) >= 11 is 1.50. The molecule has 0 aliphatic carbocycles. The summed E-state index contributed by atoms with van der Waals surface area (Å²) in [4.78, 5) is 4.39. The van der Waals surface area contributed by atoms with Crippen LogP contribution in [0.15, 0.2) is 24.3 Å². The van der Waals surface area contributed by atoms with E-state index >= 15 is 0 Å². The van der Waals surface area contributed by atoms with E-state index in [1.165, 1.54) is 11.3 Å². The van der Waals surface area contributed by atoms with Gasteiger partial charge in [0.2, 0.25) is 0 Å². The van der Waals surface area contributed by atoms with Gasteiger partial charge in [-0.3, -0.25) is 0 Å². The fraction of sp³-hybridized carbons (Fsp3) is 0.182. The van der Waals surface area contributed by atoms with Crippen molar-refractivity contribution in [3.8, 4) is 16.3 Å². The van der Waals surface area contributed by atoms with Crippen molar-refractivity contribution in [2.24, 2.45) is 0 Å². The number of methoxy groups -OCH3 is 1. The Morgan fingerprint density at radius 1 is 1.40 bits per heavy atom. The van der Waals surface area contributed by atoms with Crippen LogP contribution in [0, 0.1) is 6.92 Å². The number of nitrogens with two attached hydrogens (primary N) is 1. The smallest absolute Gasteiger partial charge is 0.125 e. The Morgan fingerprint density at radius 3 is 2.80 bits per heavy atom. The first kappa shape index (κ1) is 9.98. The SMILES string of the molecule is COc1cccc(-c2nc(C)c(N)s2)c1. The maximum absolute atomic E-state index is 5.77. The minimum absolute atomic E-state index is 0.771. The lowest BCUT2D eigenvalue weighted by atomic mass is 10.2. The van der Waals surface area contributed by atoms with E-state index in [2.05, 4.69) is 4.98 Å². The van der Waals surface area contributed by atoms with E-state index in [4.69, 9.17) is 10.5 Å². The fourth-order valence-electron chi connectivity index (χ4n) is 1.29. The first-order chi connectivity index (χ1) is 7.20. The molecule has 2 rings (SSSR count). The highest BCUT2D eigenvalue weighted by molar-refractivity contribution is 7.18. The van der Waals surface area contributed by atoms with Gasteiger partial charge in [0.05, 0.1) is 12.8 Å². The lowest BCUT2D eigenvalue weighted by molar-refractivity contribution is 0.415. The standard InChI is InChI=1S/C11H12N2OS/c1-7-10(12)15-11(13-7)8-4-3-5-9(6-8)14-2/h3-6H,12H2,1-2H3. The highest BCUT2D eigenvalue weighted by atomic mass is 32.1. The third kappa shape index (κ3) is 1.94. The predicted molar refractivity (Wildman–Crippen MR) is 63.3 cm³/mol. The van der Waals surface area contributed by atoms with E-state index in [-0.39, 0.29) is 0 Å². The summed E-state index contributed by atoms with van der Waals surface area (Å²) < 4.78 is 5.16. The molecule has 4 heteroatoms. The molecule has 1 heterocycles. The predicted octanol–water partition coefficient (Wildman–Crippen LogP) is 2.71. The van der Waals surface area contributed by atoms with Crippen molar-refractivity contribution < 1.29 is 4.74 Å². The molecule has 0 fully saturated rings. The number of nitrogens with zero attached hydrogens (tertiary/aromatic N) is 1. The molecular weight excluding hydrogens is 208 g/mol. The minimum Gasteiger partial charge on any atom is -0.497 e. The van der Waals surface area contributed by atoms with Crippen molar-refractivity contribution in [3.05, 3.63) is 30.0 Å². The van der Waals surface area contributed by atoms with E-state index in [1.54, 1.807) is 7.11 Å². The van der Waals surface area contributed by atoms with Gasteiger partial charge in [0, 0.05) is 5.56 Å². The monoisotopic (exact) mass is 220 g/mol. The Kier molecular flexibility index (Phi) is 2.60. The molecule has 0 saturated heterocycles. The van der Waals surface area contributed by atoms with Gasteiger partial charge >= 0.3 is 0 Å². The van der Waals surface area contributed by atoms with Crippen LogP contribution >= 0.6 is 11.3 Å². The Labute approximate surface area is 92.5 Å². The van der Waals surface area contributed by atoms with Gasteiger partial charge in [-0.1, -0.05) is 23.5 Å². The molecule has 3 nitrogen and oxygen atoms in total. The largest absolute Gasteiger partial charge is 0.497 e. The van der Waals surface area contributed by atoms with Crippen molar-refractivity contribution in [1.29, 1.82) is 0 Å². The normalized spacial score (nSPS) is 10.3. The number of hydrogen-bond acceptors (Lipinski definition) is 4. The Hall–Kier alpha value is -1.55. The number of nitrogen functional groups attached to an aromatic ring is 1. The molecule has 0 bridgehead atoms. The quantitative estimate of drug-likeness (QED) is 0.846. The van der Waals surface area contributed by atoms with Gasteiger partial charge in [-0.05, 0) is 19.1 Å². The zero-order valence-corrected chi connectivity index (χ0v) is 9.47. The molecule has 0 aliphatic rings. The Bertz CT molecular complexity index is 460. The van der Waals surface area contributed by atoms with E-state index in [9.17, 15) is 0 Å². The van der Waals surface area contributed by atoms with Crippen molar-refractivity contribution in [3.63, 3.8) is 0 Å². The maximum atomic E-state index is 5.77. The first-order valence-corrected chi connectivity index (χ1v) is 5.39. The average molecular weight is 220 g/mol. The lowest BCUT2D eigenvalue weighted by Gasteiger charge is -2.00. The number of ether oxygens (including phenoxy) is 1. The van der Waals surface area contributed by atoms with Crippen molar-refractivity contribution >= 4 is 16.3 Å². The van der Waals surface area contributed by atoms with Crippen molar-refractivity contribution in [2.75, 3.05) is 12.8 Å². The molecule has 78 valence electrons. The molecule has 15 heavy (non-hydrogen) atoms. The molecule has 0 amide bonds. The van der Waals surface area contributed by atoms with Gasteiger partial charge in [-0.15, -0.1) is 0 Å². The summed E-state index contributed by atoms with van der Waals surface area (Å²) in [6, 6.07) is 7.81. The number of thiazole rings is 1. The summed E-state index contributed by atoms with van der Waals surface area (Å²) in [6.07, 6.45) is 0. The average Bonchev–Trinajstić information content (AvgIpc) is 2.59. The van der Waals surface area contributed by atoms with Gasteiger partial charge < -0.3 is 10.5 Å². The fourth-order valence-corrected chi connectivity index (χ4v) is 2.12. The topological polar surface area (TPSA) is 48.1 Å². The molecule has 0 spiro atoms. The summed E-state index contributed by atoms with van der Waals surface area (Å²) in [6.45, 7) is 1.91. The second kappa shape index (κ2) is 3.90. The number of aromatic nitrogens is 1. The first-order valence-electron chi connectivity index (χ1n) is 4.58. The minimum atomic E-state index is 0.771. The highest BCUT2D eigenvalue weighted by Crippen LogP contribution is 2.31. The van der Waals surface area contributed by atoms with Crippen LogP contribution in [0.1, 0.15) is 5.69 Å². The molecule has 0 aliphatic heterocycles. The second-order valence-corrected chi connectivity index (χ2v) is 4.23. The zero-order chi connectivity index (χ0) is 10.8. The van der Waals surface area contributed by atoms with E-state index in [0.29, 0.717) is 0 Å². The molecular formula is C11H12N2OS. The van der Waals surface area contributed by atoms with Crippen molar-refractivity contribution in [1.82, 2.24) is 4.98 Å². The van der Waals surface area contributed by atoms with Gasteiger partial charge in [-0.2, -0.15) is 0 Å². The van der Waals surface area contributed by atoms with Crippen LogP contribution in [0.3, 0.4) is 0 Å². The van der Waals surface area contributed by atoms with Crippen LogP contribution in [-0.2, 0) is 0 Å². The van der Waals surface area contributed by atoms with E-state index in [1.807, 2.05) is 31.2 Å². The maximum Gasteiger partial charge on any atom is 0.125 e. The Morgan fingerprint density at radius 2 is 2.20 bits per heavy atom. The van der Waals surface area contributed by atoms with Crippen LogP contribution in [0.25, 0.3) is 10.6 Å². The summed E-state index contributed by atoms with van der Waals surface area (Å²) in [5.74, 6) is 0.832. The van der Waals surface area contributed by atoms with Crippen LogP contribution in [-0.4, -0.2) is 12.1 Å². The van der Waals surface area contributed by atoms with Gasteiger partial charge in [0.15, 0.2) is 0 Å². The molecule has 2 aromatic rings. The molecule has 0 atom stereocenters. The third-order valence-corrected chi connectivity index (χ3v) is 3.18. The number of rotatable bonds is 2. The molecule has 1 aromatic heterocycles. The molecule has 2 N–H and O–H groups in total. The number of aryl methyl sites for hydroxylation is 1. The summed E-state index contributed by atoms with van der Waals surface area (Å²) in [7, 11) is 1.65. The summed E-state index contributed by atoms with van der Waals surface area (Å²) in [5.41, 5.74) is 7.70. The van der Waals surface area contributed by atoms with Crippen molar-refractivity contribution in [2.45, 2.75) is 6.92 Å². The molecule has 0 unspecified atom stereocenters. The zero-order valence-electron chi connectivity index (χ0n) is 8.65. The lowest BCUT2D eigenvalue weighted by Crippen LogP contribution is -1.83. The highest BCUT2D eigenvalue weighted by Gasteiger charge is 2.07. The molecule has 0 saturated carbocycles. The van der Waals surface area contributed by atoms with Crippen LogP contribution in [0.2, 0.25) is 0 Å². The van der Waals surface area contributed by atoms with E-state index in [0.717, 1.165) is 27.0 Å². The van der Waals surface area contributed by atoms with Gasteiger partial charge in [0.1, 0.15) is 15.8 Å². The van der Waals surface area contributed by atoms with Crippen LogP contribution in [0.5, 0.6) is 5.75 Å². The van der Waals surface area contributed by atoms with Crippen LogP contribution < -0.4 is 10.5 Å². The van der Waals surface area contributed by atoms with Crippen LogP contribution in [0.4, 0.5) is 5.00 Å². The van der Waals surface area contributed by atoms with E-state index < -0.39 is 0 Å². The number of hydrogen-bond donors (Lipinski definition) is 1. The van der Waals surface area contributed by atoms with Gasteiger partial charge in [0.25, 0.3) is 0 Å². The van der Waals surface area contributed by atoms with Gasteiger partial charge in [-0.25, -0.2) is 4.98 Å². The molecule has 0 radical (unpaired) electrons. The number of benzene rings is 1. The molecule has 1 aromatic carbocycles. The summed E-state index contributed by atoms with van der Waals surface area (Å²) in [5, 5.41) is 1.71. The number of anilines is 1. The Balaban J connectivity index is 2.44. The second-order valence-electron chi connectivity index (χ2n) is 3.20.